The summed E-state index contributed by atoms with van der Waals surface area (Å²) in [6.07, 6.45) is 0. The summed E-state index contributed by atoms with van der Waals surface area (Å²) in [4.78, 5) is 13.3. The van der Waals surface area contributed by atoms with Gasteiger partial charge in [-0.1, -0.05) is 0 Å². The van der Waals surface area contributed by atoms with E-state index >= 15 is 0 Å². The minimum absolute atomic E-state index is 0.0452. The molecule has 0 heterocycles. The molecule has 0 aliphatic rings. The van der Waals surface area contributed by atoms with Gasteiger partial charge in [0.05, 0.1) is 13.2 Å². The molecule has 0 aromatic rings. The molecule has 0 unspecified atom stereocenters. The predicted molar refractivity (Wildman–Crippen MR) is 48.7 cm³/mol. The highest BCUT2D eigenvalue weighted by atomic mass is 31.2. The predicted octanol–water partition coefficient (Wildman–Crippen LogP) is 0.366. The molecule has 0 fully saturated rings. The van der Waals surface area contributed by atoms with Crippen LogP contribution in [-0.2, 0) is 18.4 Å². The number of rotatable bonds is 6. The second-order valence-electron chi connectivity index (χ2n) is 2.12. The molecule has 7 nitrogen and oxygen atoms in total. The van der Waals surface area contributed by atoms with Crippen molar-refractivity contribution in [2.45, 2.75) is 13.8 Å². The molecule has 0 radical (unpaired) electrons. The number of nitrogens with two attached hydrogens (primary N) is 1. The minimum Gasteiger partial charge on any atom is -0.360 e. The Labute approximate surface area is 81.3 Å². The van der Waals surface area contributed by atoms with Crippen LogP contribution in [-0.4, -0.2) is 29.4 Å². The molecule has 0 saturated carbocycles. The van der Waals surface area contributed by atoms with E-state index in [9.17, 15) is 9.36 Å². The van der Waals surface area contributed by atoms with Crippen LogP contribution in [0.4, 0.5) is 0 Å². The fourth-order valence-corrected chi connectivity index (χ4v) is 2.12. The summed E-state index contributed by atoms with van der Waals surface area (Å²) in [5.41, 5.74) is 12.5. The van der Waals surface area contributed by atoms with Gasteiger partial charge in [0.15, 0.2) is 0 Å². The van der Waals surface area contributed by atoms with E-state index in [4.69, 9.17) is 20.3 Å². The molecule has 0 atom stereocenters. The van der Waals surface area contributed by atoms with Gasteiger partial charge >= 0.3 is 19.0 Å². The highest BCUT2D eigenvalue weighted by Crippen LogP contribution is 2.48. The molecule has 0 saturated heterocycles. The average Bonchev–Trinajstić information content (AvgIpc) is 2.04. The Balaban J connectivity index is 5.08. The largest absolute Gasteiger partial charge is 0.464 e. The van der Waals surface area contributed by atoms with Crippen molar-refractivity contribution in [3.05, 3.63) is 5.53 Å². The first kappa shape index (κ1) is 13.0. The van der Waals surface area contributed by atoms with E-state index in [1.165, 1.54) is 0 Å². The lowest BCUT2D eigenvalue weighted by Crippen LogP contribution is -2.26. The molecular formula is C6H12N3O4P. The Morgan fingerprint density at radius 1 is 1.43 bits per heavy atom. The third-order valence-corrected chi connectivity index (χ3v) is 3.20. The summed E-state index contributed by atoms with van der Waals surface area (Å²) in [7, 11) is -3.86. The number of amides is 1. The monoisotopic (exact) mass is 221 g/mol. The van der Waals surface area contributed by atoms with Crippen molar-refractivity contribution in [1.29, 1.82) is 0 Å². The standard InChI is InChI=1S/C6H12N3O4P/c1-3-12-14(11,13-4-2)6(9-8)5(7)10/h3-4H2,1-2H3,(H2,7,10). The SMILES string of the molecule is CCOP(=O)(OCC)C(=[N+]=[N-])C(N)=O. The Bertz CT molecular complexity index is 300. The fourth-order valence-electron chi connectivity index (χ4n) is 0.738. The van der Waals surface area contributed by atoms with Crippen molar-refractivity contribution in [2.75, 3.05) is 13.2 Å². The Kier molecular flexibility index (Phi) is 5.27. The van der Waals surface area contributed by atoms with Crippen LogP contribution in [0.1, 0.15) is 13.8 Å². The molecule has 80 valence electrons. The van der Waals surface area contributed by atoms with Crippen LogP contribution in [0.2, 0.25) is 0 Å². The van der Waals surface area contributed by atoms with Gasteiger partial charge in [0.2, 0.25) is 0 Å². The van der Waals surface area contributed by atoms with Crippen LogP contribution in [0.3, 0.4) is 0 Å². The van der Waals surface area contributed by atoms with Crippen LogP contribution < -0.4 is 5.73 Å². The van der Waals surface area contributed by atoms with E-state index in [1.54, 1.807) is 13.8 Å². The molecule has 0 aromatic heterocycles. The van der Waals surface area contributed by atoms with Crippen molar-refractivity contribution < 1.29 is 23.2 Å². The molecule has 1 amide bonds. The van der Waals surface area contributed by atoms with Gasteiger partial charge < -0.3 is 20.3 Å². The normalized spacial score (nSPS) is 10.7. The van der Waals surface area contributed by atoms with Gasteiger partial charge in [-0.25, -0.2) is 4.57 Å². The number of nitrogens with zero attached hydrogens (tertiary/aromatic N) is 2. The average molecular weight is 221 g/mol. The molecule has 0 spiro atoms. The summed E-state index contributed by atoms with van der Waals surface area (Å²) in [6.45, 7) is 3.20. The lowest BCUT2D eigenvalue weighted by atomic mass is 10.7. The molecular weight excluding hydrogens is 209 g/mol. The van der Waals surface area contributed by atoms with Crippen molar-refractivity contribution in [3.8, 4) is 0 Å². The maximum Gasteiger partial charge on any atom is 0.464 e. The molecule has 2 N–H and O–H groups in total. The van der Waals surface area contributed by atoms with E-state index in [2.05, 4.69) is 4.79 Å². The first-order valence-electron chi connectivity index (χ1n) is 3.93. The molecule has 0 aliphatic heterocycles. The second-order valence-corrected chi connectivity index (χ2v) is 4.06. The van der Waals surface area contributed by atoms with Crippen molar-refractivity contribution in [2.24, 2.45) is 5.73 Å². The zero-order valence-electron chi connectivity index (χ0n) is 7.97. The summed E-state index contributed by atoms with van der Waals surface area (Å²) in [6, 6.07) is 0. The van der Waals surface area contributed by atoms with E-state index in [-0.39, 0.29) is 13.2 Å². The van der Waals surface area contributed by atoms with Crippen molar-refractivity contribution in [1.82, 2.24) is 0 Å². The van der Waals surface area contributed by atoms with Crippen LogP contribution in [0.25, 0.3) is 5.53 Å². The summed E-state index contributed by atoms with van der Waals surface area (Å²) >= 11 is 0. The number of primary amides is 1. The van der Waals surface area contributed by atoms with Crippen LogP contribution >= 0.6 is 7.60 Å². The summed E-state index contributed by atoms with van der Waals surface area (Å²) in [5, 5.41) is 0. The van der Waals surface area contributed by atoms with E-state index in [0.29, 0.717) is 0 Å². The van der Waals surface area contributed by atoms with E-state index in [1.807, 2.05) is 0 Å². The smallest absolute Gasteiger partial charge is 0.360 e. The van der Waals surface area contributed by atoms with Gasteiger partial charge in [0.25, 0.3) is 0 Å². The molecule has 8 heteroatoms. The number of carbonyl (C=O) groups excluding carboxylic acids is 1. The van der Waals surface area contributed by atoms with Crippen LogP contribution in [0, 0.1) is 0 Å². The van der Waals surface area contributed by atoms with Gasteiger partial charge in [0.1, 0.15) is 0 Å². The van der Waals surface area contributed by atoms with Crippen LogP contribution in [0.15, 0.2) is 0 Å². The van der Waals surface area contributed by atoms with Crippen LogP contribution in [0.5, 0.6) is 0 Å². The second kappa shape index (κ2) is 5.67. The van der Waals surface area contributed by atoms with Gasteiger partial charge in [-0.05, 0) is 13.8 Å². The van der Waals surface area contributed by atoms with Crippen molar-refractivity contribution >= 4 is 19.0 Å². The van der Waals surface area contributed by atoms with Gasteiger partial charge in [-0.2, -0.15) is 4.79 Å². The third kappa shape index (κ3) is 3.05. The zero-order chi connectivity index (χ0) is 11.2. The molecule has 14 heavy (non-hydrogen) atoms. The lowest BCUT2D eigenvalue weighted by Gasteiger charge is -2.10. The maximum atomic E-state index is 11.7. The zero-order valence-corrected chi connectivity index (χ0v) is 8.86. The Morgan fingerprint density at radius 3 is 2.07 bits per heavy atom. The number of carbonyl (C=O) groups is 1. The van der Waals surface area contributed by atoms with Gasteiger partial charge in [-0.15, -0.1) is 0 Å². The van der Waals surface area contributed by atoms with Gasteiger partial charge in [-0.3, -0.25) is 4.79 Å². The Hall–Kier alpha value is -1.00. The number of hydrogen-bond donors (Lipinski definition) is 1. The number of hydrogen-bond acceptors (Lipinski definition) is 4. The quantitative estimate of drug-likeness (QED) is 0.302. The first-order valence-corrected chi connectivity index (χ1v) is 5.47. The van der Waals surface area contributed by atoms with E-state index in [0.717, 1.165) is 0 Å². The molecule has 0 aromatic carbocycles. The van der Waals surface area contributed by atoms with E-state index < -0.39 is 19.0 Å². The van der Waals surface area contributed by atoms with Crippen molar-refractivity contribution in [3.63, 3.8) is 0 Å². The Morgan fingerprint density at radius 2 is 1.86 bits per heavy atom. The maximum absolute atomic E-state index is 11.7. The topological polar surface area (TPSA) is 115 Å². The summed E-state index contributed by atoms with van der Waals surface area (Å²) < 4.78 is 21.2. The molecule has 0 bridgehead atoms. The highest BCUT2D eigenvalue weighted by Gasteiger charge is 2.44. The first-order chi connectivity index (χ1) is 6.51. The van der Waals surface area contributed by atoms with Gasteiger partial charge in [0, 0.05) is 0 Å². The fraction of sp³-hybridized carbons (Fsp3) is 0.667. The summed E-state index contributed by atoms with van der Waals surface area (Å²) in [5.74, 6) is -1.14. The molecule has 0 aliphatic carbocycles. The minimum atomic E-state index is -3.86. The molecule has 0 rings (SSSR count). The highest BCUT2D eigenvalue weighted by molar-refractivity contribution is 7.74. The third-order valence-electron chi connectivity index (χ3n) is 1.17. The lowest BCUT2D eigenvalue weighted by molar-refractivity contribution is -0.115.